The number of hydrogen-bond donors (Lipinski definition) is 0. The molecule has 0 radical (unpaired) electrons. The van der Waals surface area contributed by atoms with Crippen molar-refractivity contribution in [1.29, 1.82) is 0 Å². The molecule has 0 N–H and O–H groups in total. The second-order valence-corrected chi connectivity index (χ2v) is 12.7. The maximum absolute atomic E-state index is 11.4. The monoisotopic (exact) mass is 366 g/mol. The van der Waals surface area contributed by atoms with Crippen LogP contribution in [0.15, 0.2) is 60.7 Å². The van der Waals surface area contributed by atoms with Crippen LogP contribution in [0.3, 0.4) is 0 Å². The zero-order chi connectivity index (χ0) is 18.6. The van der Waals surface area contributed by atoms with E-state index in [4.69, 9.17) is 4.43 Å². The summed E-state index contributed by atoms with van der Waals surface area (Å²) in [5.74, 6) is 0.145. The fourth-order valence-corrected chi connectivity index (χ4v) is 9.08. The van der Waals surface area contributed by atoms with Crippen molar-refractivity contribution in [1.82, 2.24) is 0 Å². The summed E-state index contributed by atoms with van der Waals surface area (Å²) in [6.45, 7) is 6.91. The highest BCUT2D eigenvalue weighted by Gasteiger charge is 2.51. The number of hydrogen-bond acceptors (Lipinski definition) is 2. The van der Waals surface area contributed by atoms with Crippen LogP contribution in [0.25, 0.3) is 0 Å². The molecule has 1 aliphatic rings. The van der Waals surface area contributed by atoms with E-state index in [9.17, 15) is 4.79 Å². The third-order valence-electron chi connectivity index (χ3n) is 5.62. The summed E-state index contributed by atoms with van der Waals surface area (Å²) in [4.78, 5) is 11.4. The van der Waals surface area contributed by atoms with Crippen molar-refractivity contribution in [2.45, 2.75) is 57.6 Å². The molecule has 3 rings (SSSR count). The lowest BCUT2D eigenvalue weighted by atomic mass is 9.88. The molecule has 2 aromatic rings. The highest BCUT2D eigenvalue weighted by Crippen LogP contribution is 2.39. The molecule has 0 unspecified atom stereocenters. The van der Waals surface area contributed by atoms with Crippen LogP contribution in [-0.2, 0) is 9.22 Å². The van der Waals surface area contributed by atoms with Crippen LogP contribution in [0.1, 0.15) is 46.5 Å². The number of benzene rings is 2. The Kier molecular flexibility index (Phi) is 5.78. The topological polar surface area (TPSA) is 26.3 Å². The van der Waals surface area contributed by atoms with Crippen LogP contribution in [-0.4, -0.2) is 20.7 Å². The van der Waals surface area contributed by atoms with Gasteiger partial charge in [-0.25, -0.2) is 0 Å². The molecule has 0 aromatic heterocycles. The molecule has 0 heterocycles. The molecule has 26 heavy (non-hydrogen) atoms. The molecule has 0 aliphatic heterocycles. The lowest BCUT2D eigenvalue weighted by molar-refractivity contribution is -0.112. The van der Waals surface area contributed by atoms with Crippen LogP contribution >= 0.6 is 0 Å². The summed E-state index contributed by atoms with van der Waals surface area (Å²) in [5, 5.41) is 2.61. The smallest absolute Gasteiger partial charge is 0.261 e. The molecule has 1 aliphatic carbocycles. The quantitative estimate of drug-likeness (QED) is 0.582. The Morgan fingerprint density at radius 1 is 0.923 bits per heavy atom. The Hall–Kier alpha value is -1.71. The fourth-order valence-electron chi connectivity index (χ4n) is 4.35. The predicted molar refractivity (Wildman–Crippen MR) is 111 cm³/mol. The van der Waals surface area contributed by atoms with Crippen molar-refractivity contribution in [2.75, 3.05) is 0 Å². The van der Waals surface area contributed by atoms with Gasteiger partial charge in [-0.3, -0.25) is 0 Å². The average Bonchev–Trinajstić information content (AvgIpc) is 2.66. The van der Waals surface area contributed by atoms with Crippen molar-refractivity contribution in [3.05, 3.63) is 60.7 Å². The van der Waals surface area contributed by atoms with Gasteiger partial charge in [0, 0.05) is 12.0 Å². The lowest BCUT2D eigenvalue weighted by Gasteiger charge is -2.46. The third kappa shape index (κ3) is 3.69. The summed E-state index contributed by atoms with van der Waals surface area (Å²) in [5.41, 5.74) is 0. The van der Waals surface area contributed by atoms with E-state index in [1.807, 2.05) is 0 Å². The first-order valence-electron chi connectivity index (χ1n) is 9.71. The molecule has 3 heteroatoms. The Morgan fingerprint density at radius 3 is 1.92 bits per heavy atom. The first-order valence-corrected chi connectivity index (χ1v) is 11.6. The van der Waals surface area contributed by atoms with Crippen LogP contribution in [0.4, 0.5) is 0 Å². The van der Waals surface area contributed by atoms with E-state index in [0.717, 1.165) is 32.0 Å². The Morgan fingerprint density at radius 2 is 1.46 bits per heavy atom. The molecule has 2 nitrogen and oxygen atoms in total. The van der Waals surface area contributed by atoms with Gasteiger partial charge in [0.05, 0.1) is 0 Å². The van der Waals surface area contributed by atoms with Gasteiger partial charge in [-0.15, -0.1) is 0 Å². The molecule has 0 spiro atoms. The maximum Gasteiger partial charge on any atom is 0.261 e. The van der Waals surface area contributed by atoms with Crippen molar-refractivity contribution >= 4 is 25.0 Å². The standard InChI is InChI=1S/C23H30O2Si/c1-23(2,3)26(21-13-6-4-7-14-21,22-15-8-5-9-16-22)25-20-12-10-11-19(17-20)18-24/h4-9,13-16,18-20H,10-12,17H2,1-3H3/t19-,20+/m1/s1. The summed E-state index contributed by atoms with van der Waals surface area (Å²) >= 11 is 0. The van der Waals surface area contributed by atoms with E-state index in [-0.39, 0.29) is 17.1 Å². The Labute approximate surface area is 158 Å². The Balaban J connectivity index is 2.10. The molecule has 0 saturated heterocycles. The van der Waals surface area contributed by atoms with E-state index < -0.39 is 8.32 Å². The largest absolute Gasteiger partial charge is 0.404 e. The van der Waals surface area contributed by atoms with Crippen LogP contribution in [0, 0.1) is 5.92 Å². The molecule has 2 aromatic carbocycles. The van der Waals surface area contributed by atoms with E-state index in [0.29, 0.717) is 0 Å². The first-order chi connectivity index (χ1) is 12.5. The lowest BCUT2D eigenvalue weighted by Crippen LogP contribution is -2.67. The predicted octanol–water partition coefficient (Wildman–Crippen LogP) is 4.32. The summed E-state index contributed by atoms with van der Waals surface area (Å²) < 4.78 is 7.13. The molecule has 0 bridgehead atoms. The van der Waals surface area contributed by atoms with Gasteiger partial charge in [-0.2, -0.15) is 0 Å². The van der Waals surface area contributed by atoms with Crippen LogP contribution in [0.5, 0.6) is 0 Å². The van der Waals surface area contributed by atoms with Crippen molar-refractivity contribution in [2.24, 2.45) is 5.92 Å². The highest BCUT2D eigenvalue weighted by molar-refractivity contribution is 6.99. The van der Waals surface area contributed by atoms with Gasteiger partial charge in [0.15, 0.2) is 0 Å². The van der Waals surface area contributed by atoms with E-state index in [1.165, 1.54) is 10.4 Å². The number of aldehydes is 1. The Bertz CT molecular complexity index is 666. The summed E-state index contributed by atoms with van der Waals surface area (Å²) in [6, 6.07) is 21.5. The molecule has 138 valence electrons. The fraction of sp³-hybridized carbons (Fsp3) is 0.435. The van der Waals surface area contributed by atoms with E-state index in [1.54, 1.807) is 0 Å². The first kappa shape index (κ1) is 19.1. The van der Waals surface area contributed by atoms with Gasteiger partial charge in [-0.1, -0.05) is 87.9 Å². The van der Waals surface area contributed by atoms with Crippen molar-refractivity contribution in [3.63, 3.8) is 0 Å². The van der Waals surface area contributed by atoms with Gasteiger partial charge in [-0.05, 0) is 34.7 Å². The molecule has 1 saturated carbocycles. The normalized spacial score (nSPS) is 21.3. The van der Waals surface area contributed by atoms with Crippen molar-refractivity contribution in [3.8, 4) is 0 Å². The van der Waals surface area contributed by atoms with Gasteiger partial charge in [0.1, 0.15) is 6.29 Å². The molecule has 1 fully saturated rings. The zero-order valence-corrected chi connectivity index (χ0v) is 17.2. The molecular weight excluding hydrogens is 336 g/mol. The minimum atomic E-state index is -2.49. The van der Waals surface area contributed by atoms with Crippen LogP contribution < -0.4 is 10.4 Å². The average molecular weight is 367 g/mol. The number of carbonyl (C=O) groups is 1. The third-order valence-corrected chi connectivity index (χ3v) is 10.7. The van der Waals surface area contributed by atoms with E-state index >= 15 is 0 Å². The molecular formula is C23H30O2Si. The van der Waals surface area contributed by atoms with Gasteiger partial charge in [0.25, 0.3) is 8.32 Å². The van der Waals surface area contributed by atoms with Gasteiger partial charge >= 0.3 is 0 Å². The summed E-state index contributed by atoms with van der Waals surface area (Å²) in [7, 11) is -2.49. The van der Waals surface area contributed by atoms with Crippen LogP contribution in [0.2, 0.25) is 5.04 Å². The molecule has 2 atom stereocenters. The second-order valence-electron chi connectivity index (χ2n) is 8.47. The number of carbonyl (C=O) groups excluding carboxylic acids is 1. The number of rotatable bonds is 5. The minimum Gasteiger partial charge on any atom is -0.404 e. The van der Waals surface area contributed by atoms with Gasteiger partial charge in [0.2, 0.25) is 0 Å². The highest BCUT2D eigenvalue weighted by atomic mass is 28.4. The maximum atomic E-state index is 11.4. The second kappa shape index (κ2) is 7.89. The van der Waals surface area contributed by atoms with Crippen molar-refractivity contribution < 1.29 is 9.22 Å². The summed E-state index contributed by atoms with van der Waals surface area (Å²) in [6.07, 6.45) is 5.27. The minimum absolute atomic E-state index is 0.0101. The SMILES string of the molecule is CC(C)(C)[Si](O[C@H]1CCC[C@@H](C=O)C1)(c1ccccc1)c1ccccc1. The molecule has 0 amide bonds. The van der Waals surface area contributed by atoms with E-state index in [2.05, 4.69) is 81.4 Å². The zero-order valence-electron chi connectivity index (χ0n) is 16.2. The van der Waals surface area contributed by atoms with Gasteiger partial charge < -0.3 is 9.22 Å².